The van der Waals surface area contributed by atoms with Gasteiger partial charge in [0.2, 0.25) is 15.9 Å². The Morgan fingerprint density at radius 2 is 1.76 bits per heavy atom. The standard InChI is InChI=1S/C21H24ClN3O3S/c1-29(27,28)25-15-21(18-4-2-3-5-19(18)25)10-12-24(13-11-21)14-20(26)23-17-8-6-16(22)7-9-17/h2-9H,10-15H2,1H3,(H,23,26). The van der Waals surface area contributed by atoms with Gasteiger partial charge in [-0.05, 0) is 61.8 Å². The number of halogens is 1. The molecule has 2 heterocycles. The first-order valence-electron chi connectivity index (χ1n) is 9.62. The van der Waals surface area contributed by atoms with E-state index in [1.807, 2.05) is 24.3 Å². The van der Waals surface area contributed by atoms with Crippen molar-refractivity contribution in [1.82, 2.24) is 4.90 Å². The van der Waals surface area contributed by atoms with Crippen LogP contribution in [0.25, 0.3) is 0 Å². The maximum Gasteiger partial charge on any atom is 0.238 e. The number of fused-ring (bicyclic) bond motifs is 2. The number of amides is 1. The van der Waals surface area contributed by atoms with E-state index in [0.717, 1.165) is 42.9 Å². The molecule has 0 radical (unpaired) electrons. The van der Waals surface area contributed by atoms with E-state index < -0.39 is 10.0 Å². The van der Waals surface area contributed by atoms with Crippen molar-refractivity contribution < 1.29 is 13.2 Å². The molecule has 0 bridgehead atoms. The molecule has 1 N–H and O–H groups in total. The molecule has 2 aliphatic heterocycles. The molecule has 0 saturated carbocycles. The summed E-state index contributed by atoms with van der Waals surface area (Å²) in [5.74, 6) is -0.0622. The molecule has 0 aliphatic carbocycles. The first-order valence-corrected chi connectivity index (χ1v) is 11.8. The second-order valence-corrected chi connectivity index (χ2v) is 10.2. The number of nitrogens with zero attached hydrogens (tertiary/aromatic N) is 2. The van der Waals surface area contributed by atoms with Crippen LogP contribution in [0.15, 0.2) is 48.5 Å². The van der Waals surface area contributed by atoms with Crippen LogP contribution >= 0.6 is 11.6 Å². The van der Waals surface area contributed by atoms with Crippen LogP contribution in [0.2, 0.25) is 5.02 Å². The minimum Gasteiger partial charge on any atom is -0.325 e. The molecule has 6 nitrogen and oxygen atoms in total. The molecule has 1 saturated heterocycles. The highest BCUT2D eigenvalue weighted by Gasteiger charge is 2.46. The number of hydrogen-bond donors (Lipinski definition) is 1. The minimum atomic E-state index is -3.32. The smallest absolute Gasteiger partial charge is 0.238 e. The zero-order chi connectivity index (χ0) is 20.6. The normalized spacial score (nSPS) is 18.6. The summed E-state index contributed by atoms with van der Waals surface area (Å²) in [6, 6.07) is 14.8. The van der Waals surface area contributed by atoms with Gasteiger partial charge in [0.15, 0.2) is 0 Å². The Morgan fingerprint density at radius 1 is 1.10 bits per heavy atom. The molecule has 1 spiro atoms. The molecule has 1 fully saturated rings. The monoisotopic (exact) mass is 433 g/mol. The van der Waals surface area contributed by atoms with Crippen LogP contribution in [0.3, 0.4) is 0 Å². The minimum absolute atomic E-state index is 0.0622. The Balaban J connectivity index is 1.41. The molecule has 0 unspecified atom stereocenters. The van der Waals surface area contributed by atoms with Crippen molar-refractivity contribution in [3.05, 3.63) is 59.1 Å². The lowest BCUT2D eigenvalue weighted by Crippen LogP contribution is -2.47. The molecule has 2 aromatic carbocycles. The maximum absolute atomic E-state index is 12.4. The molecule has 2 aliphatic rings. The number of rotatable bonds is 4. The number of carbonyl (C=O) groups excluding carboxylic acids is 1. The van der Waals surface area contributed by atoms with Gasteiger partial charge in [0, 0.05) is 22.7 Å². The summed E-state index contributed by atoms with van der Waals surface area (Å²) in [7, 11) is -3.32. The highest BCUT2D eigenvalue weighted by atomic mass is 35.5. The Kier molecular flexibility index (Phi) is 5.31. The third-order valence-corrected chi connectivity index (χ3v) is 7.28. The number of hydrogen-bond acceptors (Lipinski definition) is 4. The predicted molar refractivity (Wildman–Crippen MR) is 116 cm³/mol. The largest absolute Gasteiger partial charge is 0.325 e. The predicted octanol–water partition coefficient (Wildman–Crippen LogP) is 3.09. The van der Waals surface area contributed by atoms with E-state index in [2.05, 4.69) is 10.2 Å². The maximum atomic E-state index is 12.4. The average Bonchev–Trinajstić information content (AvgIpc) is 3.01. The van der Waals surface area contributed by atoms with Crippen molar-refractivity contribution in [2.75, 3.05) is 42.1 Å². The fraction of sp³-hybridized carbons (Fsp3) is 0.381. The van der Waals surface area contributed by atoms with Crippen molar-refractivity contribution in [2.45, 2.75) is 18.3 Å². The average molecular weight is 434 g/mol. The number of anilines is 2. The summed E-state index contributed by atoms with van der Waals surface area (Å²) < 4.78 is 26.1. The highest BCUT2D eigenvalue weighted by Crippen LogP contribution is 2.47. The van der Waals surface area contributed by atoms with Crippen molar-refractivity contribution in [2.24, 2.45) is 0 Å². The molecule has 1 amide bonds. The fourth-order valence-corrected chi connectivity index (χ4v) is 5.51. The summed E-state index contributed by atoms with van der Waals surface area (Å²) in [4.78, 5) is 14.5. The first-order chi connectivity index (χ1) is 13.8. The quantitative estimate of drug-likeness (QED) is 0.804. The van der Waals surface area contributed by atoms with Gasteiger partial charge >= 0.3 is 0 Å². The number of benzene rings is 2. The van der Waals surface area contributed by atoms with E-state index in [9.17, 15) is 13.2 Å². The van der Waals surface area contributed by atoms with Gasteiger partial charge in [0.05, 0.1) is 18.5 Å². The Morgan fingerprint density at radius 3 is 2.41 bits per heavy atom. The van der Waals surface area contributed by atoms with Crippen LogP contribution in [-0.2, 0) is 20.2 Å². The summed E-state index contributed by atoms with van der Waals surface area (Å²) in [6.45, 7) is 2.30. The van der Waals surface area contributed by atoms with Gasteiger partial charge in [-0.2, -0.15) is 0 Å². The van der Waals surface area contributed by atoms with Crippen molar-refractivity contribution in [3.63, 3.8) is 0 Å². The number of carbonyl (C=O) groups is 1. The number of sulfonamides is 1. The van der Waals surface area contributed by atoms with Gasteiger partial charge in [-0.3, -0.25) is 14.0 Å². The van der Waals surface area contributed by atoms with E-state index in [1.54, 1.807) is 24.3 Å². The fourth-order valence-electron chi connectivity index (χ4n) is 4.38. The topological polar surface area (TPSA) is 69.7 Å². The van der Waals surface area contributed by atoms with E-state index >= 15 is 0 Å². The molecule has 0 atom stereocenters. The zero-order valence-corrected chi connectivity index (χ0v) is 17.8. The van der Waals surface area contributed by atoms with Crippen LogP contribution in [0.4, 0.5) is 11.4 Å². The summed E-state index contributed by atoms with van der Waals surface area (Å²) in [5, 5.41) is 3.52. The van der Waals surface area contributed by atoms with Crippen LogP contribution in [0, 0.1) is 0 Å². The van der Waals surface area contributed by atoms with Gasteiger partial charge in [-0.1, -0.05) is 29.8 Å². The molecule has 8 heteroatoms. The highest BCUT2D eigenvalue weighted by molar-refractivity contribution is 7.92. The molecular weight excluding hydrogens is 410 g/mol. The third-order valence-electron chi connectivity index (χ3n) is 5.90. The van der Waals surface area contributed by atoms with Gasteiger partial charge in [-0.25, -0.2) is 8.42 Å². The summed E-state index contributed by atoms with van der Waals surface area (Å²) >= 11 is 5.88. The summed E-state index contributed by atoms with van der Waals surface area (Å²) in [6.07, 6.45) is 2.91. The third kappa shape index (κ3) is 4.13. The van der Waals surface area contributed by atoms with E-state index in [4.69, 9.17) is 11.6 Å². The SMILES string of the molecule is CS(=O)(=O)N1CC2(CCN(CC(=O)Nc3ccc(Cl)cc3)CC2)c2ccccc21. The molecule has 29 heavy (non-hydrogen) atoms. The second kappa shape index (κ2) is 7.63. The summed E-state index contributed by atoms with van der Waals surface area (Å²) in [5.41, 5.74) is 2.45. The Labute approximate surface area is 176 Å². The number of nitrogens with one attached hydrogen (secondary N) is 1. The molecule has 4 rings (SSSR count). The molecule has 0 aromatic heterocycles. The lowest BCUT2D eigenvalue weighted by molar-refractivity contribution is -0.117. The van der Waals surface area contributed by atoms with E-state index in [-0.39, 0.29) is 11.3 Å². The van der Waals surface area contributed by atoms with Crippen LogP contribution in [0.1, 0.15) is 18.4 Å². The molecule has 2 aromatic rings. The van der Waals surface area contributed by atoms with Gasteiger partial charge in [0.25, 0.3) is 0 Å². The van der Waals surface area contributed by atoms with Crippen LogP contribution in [-0.4, -0.2) is 51.7 Å². The lowest BCUT2D eigenvalue weighted by atomic mass is 9.74. The van der Waals surface area contributed by atoms with Gasteiger partial charge in [0.1, 0.15) is 0 Å². The second-order valence-electron chi connectivity index (χ2n) is 7.90. The Hall–Kier alpha value is -2.09. The molecule has 154 valence electrons. The number of piperidine rings is 1. The molecular formula is C21H24ClN3O3S. The first kappa shape index (κ1) is 20.2. The number of para-hydroxylation sites is 1. The zero-order valence-electron chi connectivity index (χ0n) is 16.3. The number of likely N-dealkylation sites (tertiary alicyclic amines) is 1. The van der Waals surface area contributed by atoms with Crippen LogP contribution < -0.4 is 9.62 Å². The van der Waals surface area contributed by atoms with Crippen molar-refractivity contribution in [1.29, 1.82) is 0 Å². The lowest BCUT2D eigenvalue weighted by Gasteiger charge is -2.39. The van der Waals surface area contributed by atoms with E-state index in [1.165, 1.54) is 10.6 Å². The van der Waals surface area contributed by atoms with Crippen LogP contribution in [0.5, 0.6) is 0 Å². The van der Waals surface area contributed by atoms with Gasteiger partial charge in [-0.15, -0.1) is 0 Å². The Bertz CT molecular complexity index is 1020. The van der Waals surface area contributed by atoms with Crippen molar-refractivity contribution >= 4 is 38.9 Å². The van der Waals surface area contributed by atoms with Gasteiger partial charge < -0.3 is 5.32 Å². The van der Waals surface area contributed by atoms with Crippen molar-refractivity contribution in [3.8, 4) is 0 Å². The van der Waals surface area contributed by atoms with E-state index in [0.29, 0.717) is 18.1 Å².